The fourth-order valence-electron chi connectivity index (χ4n) is 2.23. The maximum absolute atomic E-state index is 12.3. The normalized spacial score (nSPS) is 11.3. The van der Waals surface area contributed by atoms with Gasteiger partial charge >= 0.3 is 5.97 Å². The number of nitrogens with one attached hydrogen (secondary N) is 1. The van der Waals surface area contributed by atoms with Gasteiger partial charge in [0.1, 0.15) is 5.69 Å². The summed E-state index contributed by atoms with van der Waals surface area (Å²) in [7, 11) is 0. The number of carboxylic acids is 1. The van der Waals surface area contributed by atoms with Crippen molar-refractivity contribution in [1.82, 2.24) is 10.3 Å². The van der Waals surface area contributed by atoms with Crippen LogP contribution in [0.15, 0.2) is 29.6 Å². The highest BCUT2D eigenvalue weighted by Crippen LogP contribution is 2.17. The molecule has 0 spiro atoms. The van der Waals surface area contributed by atoms with Crippen molar-refractivity contribution in [3.8, 4) is 0 Å². The summed E-state index contributed by atoms with van der Waals surface area (Å²) in [6.07, 6.45) is 1.08. The molecule has 0 fully saturated rings. The van der Waals surface area contributed by atoms with Crippen LogP contribution in [0.2, 0.25) is 0 Å². The van der Waals surface area contributed by atoms with Gasteiger partial charge < -0.3 is 10.4 Å². The van der Waals surface area contributed by atoms with Gasteiger partial charge in [-0.3, -0.25) is 9.59 Å². The lowest BCUT2D eigenvalue weighted by atomic mass is 9.98. The molecule has 1 aromatic carbocycles. The van der Waals surface area contributed by atoms with Crippen LogP contribution in [0.4, 0.5) is 0 Å². The molecule has 2 aromatic rings. The number of hydrogen-bond donors (Lipinski definition) is 2. The van der Waals surface area contributed by atoms with Gasteiger partial charge in [-0.15, -0.1) is 11.3 Å². The molecule has 24 heavy (non-hydrogen) atoms. The number of hydrogen-bond acceptors (Lipinski definition) is 4. The van der Waals surface area contributed by atoms with E-state index in [9.17, 15) is 9.59 Å². The first-order chi connectivity index (χ1) is 11.2. The van der Waals surface area contributed by atoms with E-state index in [0.717, 1.165) is 10.6 Å². The number of carbonyl (C=O) groups excluding carboxylic acids is 1. The first kappa shape index (κ1) is 18.1. The Bertz CT molecular complexity index is 720. The maximum Gasteiger partial charge on any atom is 0.303 e. The highest BCUT2D eigenvalue weighted by molar-refractivity contribution is 7.09. The smallest absolute Gasteiger partial charge is 0.303 e. The number of aromatic nitrogens is 1. The molecule has 0 aliphatic rings. The van der Waals surface area contributed by atoms with E-state index < -0.39 is 11.5 Å². The van der Waals surface area contributed by atoms with Gasteiger partial charge in [-0.05, 0) is 32.8 Å². The third kappa shape index (κ3) is 5.45. The molecule has 0 bridgehead atoms. The quantitative estimate of drug-likeness (QED) is 0.805. The monoisotopic (exact) mass is 346 g/mol. The van der Waals surface area contributed by atoms with Crippen LogP contribution in [-0.2, 0) is 11.2 Å². The Kier molecular flexibility index (Phi) is 5.72. The topological polar surface area (TPSA) is 79.3 Å². The molecule has 2 N–H and O–H groups in total. The number of rotatable bonds is 7. The third-order valence-corrected chi connectivity index (χ3v) is 4.52. The Morgan fingerprint density at radius 2 is 1.92 bits per heavy atom. The van der Waals surface area contributed by atoms with Crippen molar-refractivity contribution < 1.29 is 14.7 Å². The summed E-state index contributed by atoms with van der Waals surface area (Å²) in [6.45, 7) is 5.67. The van der Waals surface area contributed by atoms with Gasteiger partial charge in [0.25, 0.3) is 5.91 Å². The molecule has 128 valence electrons. The first-order valence-electron chi connectivity index (χ1n) is 7.79. The largest absolute Gasteiger partial charge is 0.481 e. The van der Waals surface area contributed by atoms with E-state index in [0.29, 0.717) is 18.5 Å². The van der Waals surface area contributed by atoms with E-state index in [1.54, 1.807) is 5.38 Å². The zero-order valence-electron chi connectivity index (χ0n) is 14.1. The molecule has 0 unspecified atom stereocenters. The van der Waals surface area contributed by atoms with Gasteiger partial charge in [-0.1, -0.05) is 29.8 Å². The molecule has 0 aliphatic heterocycles. The summed E-state index contributed by atoms with van der Waals surface area (Å²) in [4.78, 5) is 27.4. The number of thiazole rings is 1. The minimum atomic E-state index is -0.869. The Morgan fingerprint density at radius 3 is 2.54 bits per heavy atom. The summed E-state index contributed by atoms with van der Waals surface area (Å²) in [6, 6.07) is 8.24. The van der Waals surface area contributed by atoms with Crippen molar-refractivity contribution in [2.75, 3.05) is 0 Å². The summed E-state index contributed by atoms with van der Waals surface area (Å²) in [5.74, 6) is -1.14. The average molecular weight is 346 g/mol. The van der Waals surface area contributed by atoms with Crippen molar-refractivity contribution in [2.24, 2.45) is 0 Å². The maximum atomic E-state index is 12.3. The lowest BCUT2D eigenvalue weighted by Crippen LogP contribution is -2.43. The van der Waals surface area contributed by atoms with Crippen molar-refractivity contribution in [3.63, 3.8) is 0 Å². The van der Waals surface area contributed by atoms with Crippen molar-refractivity contribution >= 4 is 23.2 Å². The van der Waals surface area contributed by atoms with Gasteiger partial charge in [0.15, 0.2) is 0 Å². The number of aryl methyl sites for hydroxylation is 1. The lowest BCUT2D eigenvalue weighted by molar-refractivity contribution is -0.137. The molecule has 1 amide bonds. The summed E-state index contributed by atoms with van der Waals surface area (Å²) in [5.41, 5.74) is 2.16. The molecule has 0 saturated heterocycles. The molecule has 1 heterocycles. The number of benzene rings is 1. The number of amides is 1. The number of aliphatic carboxylic acids is 1. The van der Waals surface area contributed by atoms with E-state index in [1.165, 1.54) is 16.9 Å². The fraction of sp³-hybridized carbons (Fsp3) is 0.389. The second-order valence-electron chi connectivity index (χ2n) is 6.52. The van der Waals surface area contributed by atoms with Crippen LogP contribution in [0.3, 0.4) is 0 Å². The average Bonchev–Trinajstić information content (AvgIpc) is 2.96. The van der Waals surface area contributed by atoms with Crippen LogP contribution in [0, 0.1) is 6.92 Å². The summed E-state index contributed by atoms with van der Waals surface area (Å²) in [5, 5.41) is 14.2. The van der Waals surface area contributed by atoms with Crippen LogP contribution < -0.4 is 5.32 Å². The van der Waals surface area contributed by atoms with E-state index >= 15 is 0 Å². The number of nitrogens with zero attached hydrogens (tertiary/aromatic N) is 1. The van der Waals surface area contributed by atoms with E-state index in [4.69, 9.17) is 5.11 Å². The van der Waals surface area contributed by atoms with E-state index in [1.807, 2.05) is 20.8 Å². The van der Waals surface area contributed by atoms with E-state index in [2.05, 4.69) is 34.6 Å². The number of carboxylic acid groups (broad SMARTS) is 1. The Balaban J connectivity index is 1.97. The molecule has 6 heteroatoms. The molecule has 5 nitrogen and oxygen atoms in total. The zero-order chi connectivity index (χ0) is 17.7. The Morgan fingerprint density at radius 1 is 1.25 bits per heavy atom. The second-order valence-corrected chi connectivity index (χ2v) is 7.46. The molecule has 0 saturated carbocycles. The van der Waals surface area contributed by atoms with Crippen LogP contribution in [-0.4, -0.2) is 27.5 Å². The highest BCUT2D eigenvalue weighted by Gasteiger charge is 2.23. The van der Waals surface area contributed by atoms with Gasteiger partial charge in [0.05, 0.1) is 5.01 Å². The van der Waals surface area contributed by atoms with Gasteiger partial charge in [0, 0.05) is 23.8 Å². The second kappa shape index (κ2) is 7.57. The van der Waals surface area contributed by atoms with Gasteiger partial charge in [-0.25, -0.2) is 4.98 Å². The SMILES string of the molecule is Cc1ccc(Cc2nc(C(=O)NC(C)(C)CCC(=O)O)cs2)cc1. The lowest BCUT2D eigenvalue weighted by Gasteiger charge is -2.25. The number of carbonyl (C=O) groups is 2. The van der Waals surface area contributed by atoms with Crippen LogP contribution in [0.1, 0.15) is 53.3 Å². The Labute approximate surface area is 145 Å². The first-order valence-corrected chi connectivity index (χ1v) is 8.67. The highest BCUT2D eigenvalue weighted by atomic mass is 32.1. The molecular formula is C18H22N2O3S. The Hall–Kier alpha value is -2.21. The minimum Gasteiger partial charge on any atom is -0.481 e. The standard InChI is InChI=1S/C18H22N2O3S/c1-12-4-6-13(7-5-12)10-15-19-14(11-24-15)17(23)20-18(2,3)9-8-16(21)22/h4-7,11H,8-10H2,1-3H3,(H,20,23)(H,21,22). The minimum absolute atomic E-state index is 0.0169. The van der Waals surface area contributed by atoms with Crippen LogP contribution in [0.5, 0.6) is 0 Å². The summed E-state index contributed by atoms with van der Waals surface area (Å²) < 4.78 is 0. The van der Waals surface area contributed by atoms with Crippen LogP contribution >= 0.6 is 11.3 Å². The van der Waals surface area contributed by atoms with E-state index in [-0.39, 0.29) is 12.3 Å². The third-order valence-electron chi connectivity index (χ3n) is 3.68. The molecular weight excluding hydrogens is 324 g/mol. The van der Waals surface area contributed by atoms with Crippen molar-refractivity contribution in [2.45, 2.75) is 45.6 Å². The van der Waals surface area contributed by atoms with Crippen molar-refractivity contribution in [1.29, 1.82) is 0 Å². The fourth-order valence-corrected chi connectivity index (χ4v) is 3.04. The molecule has 0 aliphatic carbocycles. The molecule has 1 aromatic heterocycles. The predicted molar refractivity (Wildman–Crippen MR) is 94.5 cm³/mol. The predicted octanol–water partition coefficient (Wildman–Crippen LogP) is 3.42. The molecule has 2 rings (SSSR count). The van der Waals surface area contributed by atoms with Crippen molar-refractivity contribution in [3.05, 3.63) is 51.5 Å². The summed E-state index contributed by atoms with van der Waals surface area (Å²) >= 11 is 1.46. The molecule has 0 atom stereocenters. The molecule has 0 radical (unpaired) electrons. The van der Waals surface area contributed by atoms with Crippen LogP contribution in [0.25, 0.3) is 0 Å². The zero-order valence-corrected chi connectivity index (χ0v) is 14.9. The van der Waals surface area contributed by atoms with Gasteiger partial charge in [-0.2, -0.15) is 0 Å². The van der Waals surface area contributed by atoms with Gasteiger partial charge in [0.2, 0.25) is 0 Å².